The number of rotatable bonds is 4. The molecular weight excluding hydrogens is 368 g/mol. The summed E-state index contributed by atoms with van der Waals surface area (Å²) in [6.07, 6.45) is 0.506. The van der Waals surface area contributed by atoms with Crippen LogP contribution in [0.4, 0.5) is 4.39 Å². The number of benzene rings is 2. The number of nitrogens with two attached hydrogens (primary N) is 1. The number of imidazole rings is 1. The van der Waals surface area contributed by atoms with Crippen molar-refractivity contribution in [3.8, 4) is 5.69 Å². The van der Waals surface area contributed by atoms with Crippen molar-refractivity contribution >= 4 is 41.8 Å². The first-order valence-corrected chi connectivity index (χ1v) is 7.21. The summed E-state index contributed by atoms with van der Waals surface area (Å²) in [5, 5.41) is 0. The maximum absolute atomic E-state index is 14.3. The third-order valence-corrected chi connectivity index (χ3v) is 3.61. The molecule has 25 heavy (non-hydrogen) atoms. The first kappa shape index (κ1) is 20.9. The molecule has 0 spiro atoms. The van der Waals surface area contributed by atoms with E-state index < -0.39 is 11.8 Å². The zero-order chi connectivity index (χ0) is 16.4. The number of carbonyl (C=O) groups excluding carboxylic acids is 1. The van der Waals surface area contributed by atoms with E-state index >= 15 is 0 Å². The number of methoxy groups -OCH3 is 1. The fourth-order valence-corrected chi connectivity index (χ4v) is 2.64. The number of hydrogen-bond acceptors (Lipinski definition) is 4. The van der Waals surface area contributed by atoms with Gasteiger partial charge in [-0.2, -0.15) is 0 Å². The molecular formula is C17H18Cl2FN3O2. The van der Waals surface area contributed by atoms with Crippen LogP contribution < -0.4 is 5.73 Å². The number of nitrogens with zero attached hydrogens (tertiary/aromatic N) is 2. The van der Waals surface area contributed by atoms with Crippen molar-refractivity contribution in [1.82, 2.24) is 9.55 Å². The van der Waals surface area contributed by atoms with E-state index in [4.69, 9.17) is 10.5 Å². The lowest BCUT2D eigenvalue weighted by Crippen LogP contribution is -2.11. The molecule has 0 aliphatic heterocycles. The Morgan fingerprint density at radius 1 is 1.20 bits per heavy atom. The predicted octanol–water partition coefficient (Wildman–Crippen LogP) is 3.30. The lowest BCUT2D eigenvalue weighted by molar-refractivity contribution is 0.0597. The van der Waals surface area contributed by atoms with Crippen LogP contribution in [0.2, 0.25) is 0 Å². The van der Waals surface area contributed by atoms with Gasteiger partial charge in [-0.15, -0.1) is 24.8 Å². The van der Waals surface area contributed by atoms with Crippen molar-refractivity contribution < 1.29 is 13.9 Å². The Kier molecular flexibility index (Phi) is 7.36. The van der Waals surface area contributed by atoms with Crippen molar-refractivity contribution in [3.05, 3.63) is 59.7 Å². The van der Waals surface area contributed by atoms with Crippen molar-refractivity contribution in [2.75, 3.05) is 13.7 Å². The molecule has 0 amide bonds. The Morgan fingerprint density at radius 3 is 2.48 bits per heavy atom. The summed E-state index contributed by atoms with van der Waals surface area (Å²) in [4.78, 5) is 16.6. The van der Waals surface area contributed by atoms with E-state index in [-0.39, 0.29) is 30.4 Å². The number of para-hydroxylation sites is 1. The van der Waals surface area contributed by atoms with Crippen LogP contribution in [0, 0.1) is 5.82 Å². The Hall–Kier alpha value is -2.15. The van der Waals surface area contributed by atoms with Crippen LogP contribution in [0.3, 0.4) is 0 Å². The van der Waals surface area contributed by atoms with Crippen LogP contribution in [0.5, 0.6) is 0 Å². The third kappa shape index (κ3) is 3.76. The van der Waals surface area contributed by atoms with Gasteiger partial charge >= 0.3 is 5.97 Å². The highest BCUT2D eigenvalue weighted by molar-refractivity contribution is 6.03. The standard InChI is InChI=1S/C17H16FN3O2.2ClH/c1-23-17(22)15-12(18)7-8-13-16(15)21(14(20-13)9-10-19)11-5-3-2-4-6-11;;/h2-8H,9-10,19H2,1H3;2*1H. The third-order valence-electron chi connectivity index (χ3n) is 3.61. The number of fused-ring (bicyclic) bond motifs is 1. The van der Waals surface area contributed by atoms with E-state index in [1.807, 2.05) is 30.3 Å². The van der Waals surface area contributed by atoms with Gasteiger partial charge in [0.1, 0.15) is 17.2 Å². The Bertz CT molecular complexity index is 869. The minimum absolute atomic E-state index is 0. The van der Waals surface area contributed by atoms with Gasteiger partial charge in [0.15, 0.2) is 0 Å². The molecule has 0 aliphatic carbocycles. The van der Waals surface area contributed by atoms with Gasteiger partial charge in [0.25, 0.3) is 0 Å². The normalized spacial score (nSPS) is 10.0. The molecule has 3 aromatic rings. The highest BCUT2D eigenvalue weighted by Gasteiger charge is 2.23. The quantitative estimate of drug-likeness (QED) is 0.699. The Morgan fingerprint density at radius 2 is 1.88 bits per heavy atom. The summed E-state index contributed by atoms with van der Waals surface area (Å²) >= 11 is 0. The van der Waals surface area contributed by atoms with E-state index in [0.29, 0.717) is 29.8 Å². The molecule has 3 rings (SSSR count). The topological polar surface area (TPSA) is 70.1 Å². The number of hydrogen-bond donors (Lipinski definition) is 1. The summed E-state index contributed by atoms with van der Waals surface area (Å²) < 4.78 is 20.8. The van der Waals surface area contributed by atoms with E-state index in [1.165, 1.54) is 13.2 Å². The monoisotopic (exact) mass is 385 g/mol. The first-order chi connectivity index (χ1) is 11.2. The summed E-state index contributed by atoms with van der Waals surface area (Å²) in [5.74, 6) is -0.699. The molecule has 2 aromatic carbocycles. The van der Waals surface area contributed by atoms with Crippen molar-refractivity contribution in [2.45, 2.75) is 6.42 Å². The average Bonchev–Trinajstić information content (AvgIpc) is 2.93. The molecule has 0 saturated heterocycles. The van der Waals surface area contributed by atoms with Crippen molar-refractivity contribution in [1.29, 1.82) is 0 Å². The van der Waals surface area contributed by atoms with E-state index in [0.717, 1.165) is 5.69 Å². The minimum atomic E-state index is -0.732. The van der Waals surface area contributed by atoms with Gasteiger partial charge in [0.2, 0.25) is 0 Å². The fraction of sp³-hybridized carbons (Fsp3) is 0.176. The van der Waals surface area contributed by atoms with Crippen LogP contribution in [0.1, 0.15) is 16.2 Å². The molecule has 0 bridgehead atoms. The molecule has 8 heteroatoms. The summed E-state index contributed by atoms with van der Waals surface area (Å²) in [6, 6.07) is 12.1. The van der Waals surface area contributed by atoms with E-state index in [9.17, 15) is 9.18 Å². The number of carbonyl (C=O) groups is 1. The van der Waals surface area contributed by atoms with Gasteiger partial charge < -0.3 is 10.5 Å². The van der Waals surface area contributed by atoms with Crippen LogP contribution in [0.15, 0.2) is 42.5 Å². The molecule has 0 aliphatic rings. The predicted molar refractivity (Wildman–Crippen MR) is 99.6 cm³/mol. The molecule has 1 heterocycles. The van der Waals surface area contributed by atoms with Gasteiger partial charge in [0.05, 0.1) is 18.1 Å². The molecule has 0 fully saturated rings. The van der Waals surface area contributed by atoms with Crippen molar-refractivity contribution in [2.24, 2.45) is 5.73 Å². The highest BCUT2D eigenvalue weighted by Crippen LogP contribution is 2.27. The molecule has 0 unspecified atom stereocenters. The Labute approximate surface area is 156 Å². The maximum Gasteiger partial charge on any atom is 0.343 e. The second kappa shape index (κ2) is 8.80. The summed E-state index contributed by atoms with van der Waals surface area (Å²) in [6.45, 7) is 0.395. The molecule has 0 atom stereocenters. The average molecular weight is 386 g/mol. The maximum atomic E-state index is 14.3. The van der Waals surface area contributed by atoms with E-state index in [1.54, 1.807) is 10.6 Å². The Balaban J connectivity index is 0.00000156. The van der Waals surface area contributed by atoms with Gasteiger partial charge in [0, 0.05) is 12.1 Å². The smallest absolute Gasteiger partial charge is 0.343 e. The number of ether oxygens (including phenoxy) is 1. The van der Waals surface area contributed by atoms with Crippen LogP contribution >= 0.6 is 24.8 Å². The number of aromatic nitrogens is 2. The second-order valence-electron chi connectivity index (χ2n) is 5.02. The molecule has 134 valence electrons. The molecule has 2 N–H and O–H groups in total. The summed E-state index contributed by atoms with van der Waals surface area (Å²) in [7, 11) is 1.23. The largest absolute Gasteiger partial charge is 0.465 e. The lowest BCUT2D eigenvalue weighted by Gasteiger charge is -2.11. The molecule has 0 radical (unpaired) electrons. The van der Waals surface area contributed by atoms with Crippen molar-refractivity contribution in [3.63, 3.8) is 0 Å². The van der Waals surface area contributed by atoms with Crippen LogP contribution in [-0.4, -0.2) is 29.2 Å². The second-order valence-corrected chi connectivity index (χ2v) is 5.02. The van der Waals surface area contributed by atoms with Gasteiger partial charge in [-0.25, -0.2) is 14.2 Å². The SMILES string of the molecule is COC(=O)c1c(F)ccc2nc(CCN)n(-c3ccccc3)c12.Cl.Cl. The molecule has 5 nitrogen and oxygen atoms in total. The minimum Gasteiger partial charge on any atom is -0.465 e. The van der Waals surface area contributed by atoms with Gasteiger partial charge in [-0.3, -0.25) is 4.57 Å². The molecule has 0 saturated carbocycles. The fourth-order valence-electron chi connectivity index (χ4n) is 2.64. The number of esters is 1. The number of halogens is 3. The van der Waals surface area contributed by atoms with Gasteiger partial charge in [-0.1, -0.05) is 18.2 Å². The first-order valence-electron chi connectivity index (χ1n) is 7.21. The zero-order valence-electron chi connectivity index (χ0n) is 13.4. The van der Waals surface area contributed by atoms with Crippen LogP contribution in [-0.2, 0) is 11.2 Å². The van der Waals surface area contributed by atoms with Crippen LogP contribution in [0.25, 0.3) is 16.7 Å². The lowest BCUT2D eigenvalue weighted by atomic mass is 10.1. The van der Waals surface area contributed by atoms with Gasteiger partial charge in [-0.05, 0) is 30.8 Å². The zero-order valence-corrected chi connectivity index (χ0v) is 15.1. The molecule has 1 aromatic heterocycles. The van der Waals surface area contributed by atoms with E-state index in [2.05, 4.69) is 4.98 Å². The summed E-state index contributed by atoms with van der Waals surface area (Å²) in [5.41, 5.74) is 7.25. The highest BCUT2D eigenvalue weighted by atomic mass is 35.5.